The summed E-state index contributed by atoms with van der Waals surface area (Å²) < 4.78 is 2.25. The first-order valence-electron chi connectivity index (χ1n) is 6.62. The fraction of sp³-hybridized carbons (Fsp3) is 0.333. The number of anilines is 1. The highest BCUT2D eigenvalue weighted by Gasteiger charge is 2.29. The maximum atomic E-state index is 4.80. The van der Waals surface area contributed by atoms with E-state index in [1.165, 1.54) is 24.1 Å². The van der Waals surface area contributed by atoms with Crippen molar-refractivity contribution in [3.63, 3.8) is 0 Å². The van der Waals surface area contributed by atoms with Gasteiger partial charge in [-0.2, -0.15) is 0 Å². The zero-order valence-electron chi connectivity index (χ0n) is 11.4. The van der Waals surface area contributed by atoms with Gasteiger partial charge in [0.15, 0.2) is 5.82 Å². The lowest BCUT2D eigenvalue weighted by Crippen LogP contribution is -2.04. The SMILES string of the molecule is CNc1nc(-c2ccc(C)c(Br)c2)nc(C2CC2)c1I. The van der Waals surface area contributed by atoms with Crippen LogP contribution in [0.5, 0.6) is 0 Å². The maximum absolute atomic E-state index is 4.80. The number of hydrogen-bond donors (Lipinski definition) is 1. The van der Waals surface area contributed by atoms with Crippen molar-refractivity contribution in [2.24, 2.45) is 0 Å². The minimum atomic E-state index is 0.615. The molecule has 1 aliphatic carbocycles. The lowest BCUT2D eigenvalue weighted by atomic mass is 10.1. The second-order valence-electron chi connectivity index (χ2n) is 5.08. The molecule has 0 aliphatic heterocycles. The Labute approximate surface area is 140 Å². The molecule has 1 fully saturated rings. The summed E-state index contributed by atoms with van der Waals surface area (Å²) in [6.07, 6.45) is 2.49. The number of nitrogens with zero attached hydrogens (tertiary/aromatic N) is 2. The van der Waals surface area contributed by atoms with Crippen LogP contribution in [-0.2, 0) is 0 Å². The highest BCUT2D eigenvalue weighted by atomic mass is 127. The highest BCUT2D eigenvalue weighted by Crippen LogP contribution is 2.43. The summed E-state index contributed by atoms with van der Waals surface area (Å²) in [6.45, 7) is 2.08. The van der Waals surface area contributed by atoms with Gasteiger partial charge in [-0.05, 0) is 54.0 Å². The van der Waals surface area contributed by atoms with Gasteiger partial charge in [0, 0.05) is 23.0 Å². The van der Waals surface area contributed by atoms with Crippen molar-refractivity contribution in [1.82, 2.24) is 9.97 Å². The molecule has 0 amide bonds. The zero-order chi connectivity index (χ0) is 14.3. The van der Waals surface area contributed by atoms with Gasteiger partial charge in [-0.3, -0.25) is 0 Å². The van der Waals surface area contributed by atoms with Crippen LogP contribution in [0.4, 0.5) is 5.82 Å². The van der Waals surface area contributed by atoms with E-state index in [4.69, 9.17) is 4.98 Å². The molecule has 0 bridgehead atoms. The topological polar surface area (TPSA) is 37.8 Å². The van der Waals surface area contributed by atoms with E-state index in [1.54, 1.807) is 0 Å². The van der Waals surface area contributed by atoms with Gasteiger partial charge in [-0.1, -0.05) is 28.1 Å². The third kappa shape index (κ3) is 2.70. The Morgan fingerprint density at radius 3 is 2.65 bits per heavy atom. The van der Waals surface area contributed by atoms with Crippen LogP contribution in [0.15, 0.2) is 22.7 Å². The number of nitrogens with one attached hydrogen (secondary N) is 1. The van der Waals surface area contributed by atoms with Crippen LogP contribution in [0.1, 0.15) is 30.0 Å². The summed E-state index contributed by atoms with van der Waals surface area (Å²) in [5.41, 5.74) is 3.46. The molecule has 0 radical (unpaired) electrons. The standard InChI is InChI=1S/C15H15BrIN3/c1-8-3-4-10(7-11(8)16)14-19-13(9-5-6-9)12(17)15(18-2)20-14/h3-4,7,9H,5-6H2,1-2H3,(H,18,19,20). The fourth-order valence-electron chi connectivity index (χ4n) is 2.12. The van der Waals surface area contributed by atoms with Gasteiger partial charge >= 0.3 is 0 Å². The van der Waals surface area contributed by atoms with Crippen LogP contribution in [-0.4, -0.2) is 17.0 Å². The number of aryl methyl sites for hydroxylation is 1. The van der Waals surface area contributed by atoms with Gasteiger partial charge in [0.1, 0.15) is 5.82 Å². The highest BCUT2D eigenvalue weighted by molar-refractivity contribution is 14.1. The predicted octanol–water partition coefficient (Wildman–Crippen LogP) is 4.74. The number of aromatic nitrogens is 2. The molecule has 2 aromatic rings. The van der Waals surface area contributed by atoms with Gasteiger partial charge < -0.3 is 5.32 Å². The van der Waals surface area contributed by atoms with E-state index >= 15 is 0 Å². The molecule has 1 N–H and O–H groups in total. The van der Waals surface area contributed by atoms with E-state index < -0.39 is 0 Å². The van der Waals surface area contributed by atoms with Crippen molar-refractivity contribution in [2.45, 2.75) is 25.7 Å². The molecular formula is C15H15BrIN3. The molecule has 3 nitrogen and oxygen atoms in total. The summed E-state index contributed by atoms with van der Waals surface area (Å²) in [5, 5.41) is 3.18. The predicted molar refractivity (Wildman–Crippen MR) is 94.1 cm³/mol. The van der Waals surface area contributed by atoms with Gasteiger partial charge in [-0.25, -0.2) is 9.97 Å². The Hall–Kier alpha value is -0.690. The largest absolute Gasteiger partial charge is 0.372 e. The maximum Gasteiger partial charge on any atom is 0.161 e. The molecular weight excluding hydrogens is 429 g/mol. The number of rotatable bonds is 3. The number of halogens is 2. The van der Waals surface area contributed by atoms with E-state index in [2.05, 4.69) is 73.9 Å². The summed E-state index contributed by atoms with van der Waals surface area (Å²) in [4.78, 5) is 9.46. The monoisotopic (exact) mass is 443 g/mol. The molecule has 1 aromatic carbocycles. The molecule has 1 aromatic heterocycles. The first kappa shape index (κ1) is 14.3. The molecule has 0 atom stereocenters. The summed E-state index contributed by atoms with van der Waals surface area (Å²) in [5.74, 6) is 2.34. The first-order chi connectivity index (χ1) is 9.60. The summed E-state index contributed by atoms with van der Waals surface area (Å²) in [6, 6.07) is 6.27. The molecule has 1 heterocycles. The van der Waals surface area contributed by atoms with Crippen molar-refractivity contribution in [3.8, 4) is 11.4 Å². The molecule has 1 saturated carbocycles. The molecule has 20 heavy (non-hydrogen) atoms. The van der Waals surface area contributed by atoms with Crippen molar-refractivity contribution in [1.29, 1.82) is 0 Å². The van der Waals surface area contributed by atoms with E-state index in [0.717, 1.165) is 25.2 Å². The molecule has 3 rings (SSSR count). The average Bonchev–Trinajstić information content (AvgIpc) is 3.27. The molecule has 104 valence electrons. The minimum Gasteiger partial charge on any atom is -0.372 e. The van der Waals surface area contributed by atoms with Crippen molar-refractivity contribution < 1.29 is 0 Å². The quantitative estimate of drug-likeness (QED) is 0.696. The Bertz CT molecular complexity index is 668. The molecule has 0 spiro atoms. The van der Waals surface area contributed by atoms with Crippen LogP contribution in [0.3, 0.4) is 0 Å². The van der Waals surface area contributed by atoms with Crippen molar-refractivity contribution in [3.05, 3.63) is 37.5 Å². The first-order valence-corrected chi connectivity index (χ1v) is 8.49. The van der Waals surface area contributed by atoms with Crippen molar-refractivity contribution >= 4 is 44.3 Å². The van der Waals surface area contributed by atoms with Crippen LogP contribution >= 0.6 is 38.5 Å². The van der Waals surface area contributed by atoms with E-state index in [1.807, 2.05) is 7.05 Å². The van der Waals surface area contributed by atoms with E-state index in [-0.39, 0.29) is 0 Å². The van der Waals surface area contributed by atoms with Gasteiger partial charge in [0.2, 0.25) is 0 Å². The van der Waals surface area contributed by atoms with Crippen LogP contribution in [0, 0.1) is 10.5 Å². The third-order valence-electron chi connectivity index (χ3n) is 3.51. The normalized spacial score (nSPS) is 14.4. The van der Waals surface area contributed by atoms with E-state index in [0.29, 0.717) is 5.92 Å². The second kappa shape index (κ2) is 5.60. The molecule has 5 heteroatoms. The van der Waals surface area contributed by atoms with Crippen LogP contribution in [0.2, 0.25) is 0 Å². The average molecular weight is 444 g/mol. The lowest BCUT2D eigenvalue weighted by Gasteiger charge is -2.11. The second-order valence-corrected chi connectivity index (χ2v) is 7.02. The minimum absolute atomic E-state index is 0.615. The molecule has 0 saturated heterocycles. The Morgan fingerprint density at radius 2 is 2.05 bits per heavy atom. The fourth-order valence-corrected chi connectivity index (χ4v) is 3.45. The summed E-state index contributed by atoms with van der Waals surface area (Å²) >= 11 is 5.93. The van der Waals surface area contributed by atoms with Crippen LogP contribution < -0.4 is 5.32 Å². The van der Waals surface area contributed by atoms with Gasteiger partial charge in [-0.15, -0.1) is 0 Å². The molecule has 1 aliphatic rings. The third-order valence-corrected chi connectivity index (χ3v) is 5.43. The van der Waals surface area contributed by atoms with Crippen LogP contribution in [0.25, 0.3) is 11.4 Å². The van der Waals surface area contributed by atoms with Gasteiger partial charge in [0.25, 0.3) is 0 Å². The smallest absolute Gasteiger partial charge is 0.161 e. The summed E-state index contributed by atoms with van der Waals surface area (Å²) in [7, 11) is 1.91. The van der Waals surface area contributed by atoms with Crippen molar-refractivity contribution in [2.75, 3.05) is 12.4 Å². The zero-order valence-corrected chi connectivity index (χ0v) is 15.1. The Balaban J connectivity index is 2.12. The Kier molecular flexibility index (Phi) is 3.99. The van der Waals surface area contributed by atoms with E-state index in [9.17, 15) is 0 Å². The number of benzene rings is 1. The lowest BCUT2D eigenvalue weighted by molar-refractivity contribution is 0.978. The Morgan fingerprint density at radius 1 is 1.30 bits per heavy atom. The molecule has 0 unspecified atom stereocenters. The van der Waals surface area contributed by atoms with Gasteiger partial charge in [0.05, 0.1) is 9.26 Å². The number of hydrogen-bond acceptors (Lipinski definition) is 3.